The highest BCUT2D eigenvalue weighted by Crippen LogP contribution is 2.31. The Hall–Kier alpha value is -3.36. The van der Waals surface area contributed by atoms with Crippen LogP contribution in [0.2, 0.25) is 5.02 Å². The van der Waals surface area contributed by atoms with Crippen LogP contribution in [0.4, 0.5) is 5.69 Å². The maximum absolute atomic E-state index is 14.1. The number of benzene rings is 3. The molecule has 40 heavy (non-hydrogen) atoms. The number of sulfonamides is 1. The highest BCUT2D eigenvalue weighted by molar-refractivity contribution is 7.92. The average molecular weight is 584 g/mol. The quantitative estimate of drug-likeness (QED) is 0.289. The Morgan fingerprint density at radius 1 is 0.900 bits per heavy atom. The minimum Gasteiger partial charge on any atom is -0.352 e. The van der Waals surface area contributed by atoms with Crippen LogP contribution in [0.5, 0.6) is 0 Å². The Balaban J connectivity index is 2.08. The van der Waals surface area contributed by atoms with Gasteiger partial charge in [0.05, 0.1) is 15.6 Å². The van der Waals surface area contributed by atoms with Gasteiger partial charge in [0.1, 0.15) is 12.6 Å². The minimum atomic E-state index is -4.18. The van der Waals surface area contributed by atoms with Crippen molar-refractivity contribution in [3.63, 3.8) is 0 Å². The second-order valence-corrected chi connectivity index (χ2v) is 12.2. The normalized spacial score (nSPS) is 12.8. The van der Waals surface area contributed by atoms with Crippen LogP contribution in [0.3, 0.4) is 0 Å². The summed E-state index contributed by atoms with van der Waals surface area (Å²) in [5.41, 5.74) is 2.93. The largest absolute Gasteiger partial charge is 0.352 e. The van der Waals surface area contributed by atoms with Crippen LogP contribution in [0.15, 0.2) is 77.7 Å². The van der Waals surface area contributed by atoms with Gasteiger partial charge in [0.15, 0.2) is 0 Å². The molecule has 3 aromatic carbocycles. The number of halogens is 1. The molecule has 0 bridgehead atoms. The van der Waals surface area contributed by atoms with Gasteiger partial charge in [-0.2, -0.15) is 0 Å². The van der Waals surface area contributed by atoms with Gasteiger partial charge in [-0.15, -0.1) is 0 Å². The smallest absolute Gasteiger partial charge is 0.264 e. The number of nitrogens with zero attached hydrogens (tertiary/aromatic N) is 2. The molecule has 0 aromatic heterocycles. The lowest BCUT2D eigenvalue weighted by atomic mass is 10.1. The van der Waals surface area contributed by atoms with E-state index < -0.39 is 28.5 Å². The summed E-state index contributed by atoms with van der Waals surface area (Å²) in [7, 11) is -4.18. The molecule has 0 radical (unpaired) electrons. The zero-order chi connectivity index (χ0) is 29.4. The highest BCUT2D eigenvalue weighted by atomic mass is 35.5. The van der Waals surface area contributed by atoms with Crippen LogP contribution in [-0.4, -0.2) is 43.8 Å². The summed E-state index contributed by atoms with van der Waals surface area (Å²) in [4.78, 5) is 29.0. The van der Waals surface area contributed by atoms with Crippen LogP contribution in [0, 0.1) is 13.8 Å². The molecule has 0 aliphatic heterocycles. The number of anilines is 1. The second-order valence-electron chi connectivity index (χ2n) is 9.97. The summed E-state index contributed by atoms with van der Waals surface area (Å²) in [5, 5.41) is 3.18. The van der Waals surface area contributed by atoms with Crippen LogP contribution in [0.25, 0.3) is 0 Å². The summed E-state index contributed by atoms with van der Waals surface area (Å²) in [5.74, 6) is -0.783. The number of hydrogen-bond acceptors (Lipinski definition) is 4. The number of para-hydroxylation sites is 1. The summed E-state index contributed by atoms with van der Waals surface area (Å²) >= 11 is 6.47. The maximum Gasteiger partial charge on any atom is 0.264 e. The van der Waals surface area contributed by atoms with Gasteiger partial charge >= 0.3 is 0 Å². The molecule has 0 aliphatic carbocycles. The molecule has 1 N–H and O–H groups in total. The number of aryl methyl sites for hydroxylation is 2. The van der Waals surface area contributed by atoms with Gasteiger partial charge in [0.2, 0.25) is 11.8 Å². The second kappa shape index (κ2) is 13.8. The molecule has 7 nitrogen and oxygen atoms in total. The first-order valence-electron chi connectivity index (χ1n) is 13.5. The summed E-state index contributed by atoms with van der Waals surface area (Å²) < 4.78 is 28.9. The SMILES string of the molecule is CC[C@H](C)NC(=O)[C@H](CC)N(Cc1ccccc1C)C(=O)CN(c1ccccc1Cl)S(=O)(=O)c1ccc(C)cc1. The van der Waals surface area contributed by atoms with E-state index in [1.807, 2.05) is 58.9 Å². The van der Waals surface area contributed by atoms with Crippen LogP contribution in [-0.2, 0) is 26.2 Å². The molecule has 2 atom stereocenters. The first kappa shape index (κ1) is 31.2. The number of rotatable bonds is 12. The topological polar surface area (TPSA) is 86.8 Å². The van der Waals surface area contributed by atoms with E-state index >= 15 is 0 Å². The fraction of sp³-hybridized carbons (Fsp3) is 0.355. The molecular weight excluding hydrogens is 546 g/mol. The van der Waals surface area contributed by atoms with Gasteiger partial charge in [-0.05, 0) is 69.0 Å². The zero-order valence-electron chi connectivity index (χ0n) is 23.7. The molecule has 3 aromatic rings. The molecule has 9 heteroatoms. The standard InChI is InChI=1S/C31H38ClN3O4S/c1-6-24(5)33-31(37)28(7-2)34(20-25-13-9-8-12-23(25)4)30(36)21-35(29-15-11-10-14-27(29)32)40(38,39)26-18-16-22(3)17-19-26/h8-19,24,28H,6-7,20-21H2,1-5H3,(H,33,37)/t24-,28-/m0/s1. The van der Waals surface area contributed by atoms with Crippen molar-refractivity contribution in [3.05, 3.63) is 94.5 Å². The number of carbonyl (C=O) groups is 2. The van der Waals surface area contributed by atoms with Gasteiger partial charge in [-0.25, -0.2) is 8.42 Å². The van der Waals surface area contributed by atoms with Crippen molar-refractivity contribution in [2.75, 3.05) is 10.8 Å². The molecule has 0 unspecified atom stereocenters. The number of hydrogen-bond donors (Lipinski definition) is 1. The van der Waals surface area contributed by atoms with E-state index in [4.69, 9.17) is 11.6 Å². The summed E-state index contributed by atoms with van der Waals surface area (Å²) in [6.07, 6.45) is 1.10. The van der Waals surface area contributed by atoms with Crippen molar-refractivity contribution in [3.8, 4) is 0 Å². The van der Waals surface area contributed by atoms with Crippen molar-refractivity contribution in [2.24, 2.45) is 0 Å². The predicted octanol–water partition coefficient (Wildman–Crippen LogP) is 5.87. The third-order valence-electron chi connectivity index (χ3n) is 7.00. The third-order valence-corrected chi connectivity index (χ3v) is 9.09. The van der Waals surface area contributed by atoms with Crippen LogP contribution in [0.1, 0.15) is 50.3 Å². The molecule has 0 fully saturated rings. The lowest BCUT2D eigenvalue weighted by Gasteiger charge is -2.34. The van der Waals surface area contributed by atoms with Crippen molar-refractivity contribution in [1.29, 1.82) is 0 Å². The molecule has 0 saturated carbocycles. The highest BCUT2D eigenvalue weighted by Gasteiger charge is 2.34. The maximum atomic E-state index is 14.1. The Morgan fingerprint density at radius 2 is 1.52 bits per heavy atom. The molecule has 3 rings (SSSR count). The Morgan fingerprint density at radius 3 is 2.12 bits per heavy atom. The minimum absolute atomic E-state index is 0.0397. The zero-order valence-corrected chi connectivity index (χ0v) is 25.3. The van der Waals surface area contributed by atoms with Gasteiger partial charge in [0, 0.05) is 12.6 Å². The lowest BCUT2D eigenvalue weighted by Crippen LogP contribution is -2.53. The molecule has 214 valence electrons. The van der Waals surface area contributed by atoms with E-state index in [-0.39, 0.29) is 34.1 Å². The fourth-order valence-electron chi connectivity index (χ4n) is 4.34. The van der Waals surface area contributed by atoms with E-state index in [2.05, 4.69) is 5.32 Å². The number of carbonyl (C=O) groups excluding carboxylic acids is 2. The average Bonchev–Trinajstić information content (AvgIpc) is 2.93. The number of nitrogens with one attached hydrogen (secondary N) is 1. The van der Waals surface area contributed by atoms with Crippen molar-refractivity contribution >= 4 is 39.1 Å². The Kier molecular flexibility index (Phi) is 10.8. The molecular formula is C31H38ClN3O4S. The monoisotopic (exact) mass is 583 g/mol. The van der Waals surface area contributed by atoms with E-state index in [0.717, 1.165) is 27.4 Å². The van der Waals surface area contributed by atoms with E-state index in [1.54, 1.807) is 36.4 Å². The third kappa shape index (κ3) is 7.43. The molecule has 0 saturated heterocycles. The Labute approximate surface area is 243 Å². The number of amides is 2. The van der Waals surface area contributed by atoms with Gasteiger partial charge in [-0.1, -0.05) is 79.5 Å². The summed E-state index contributed by atoms with van der Waals surface area (Å²) in [6.45, 7) is 9.15. The van der Waals surface area contributed by atoms with E-state index in [0.29, 0.717) is 6.42 Å². The van der Waals surface area contributed by atoms with Gasteiger partial charge < -0.3 is 10.2 Å². The van der Waals surface area contributed by atoms with Crippen molar-refractivity contribution in [1.82, 2.24) is 10.2 Å². The predicted molar refractivity (Wildman–Crippen MR) is 161 cm³/mol. The summed E-state index contributed by atoms with van der Waals surface area (Å²) in [6, 6.07) is 19.7. The first-order valence-corrected chi connectivity index (χ1v) is 15.3. The molecule has 0 heterocycles. The van der Waals surface area contributed by atoms with Crippen molar-refractivity contribution in [2.45, 2.75) is 71.0 Å². The van der Waals surface area contributed by atoms with Crippen LogP contribution >= 0.6 is 11.6 Å². The lowest BCUT2D eigenvalue weighted by molar-refractivity contribution is -0.140. The molecule has 2 amide bonds. The van der Waals surface area contributed by atoms with Gasteiger partial charge in [-0.3, -0.25) is 13.9 Å². The first-order chi connectivity index (χ1) is 19.0. The van der Waals surface area contributed by atoms with Crippen molar-refractivity contribution < 1.29 is 18.0 Å². The van der Waals surface area contributed by atoms with E-state index in [1.165, 1.54) is 17.0 Å². The molecule has 0 aliphatic rings. The fourth-order valence-corrected chi connectivity index (χ4v) is 6.06. The van der Waals surface area contributed by atoms with Gasteiger partial charge in [0.25, 0.3) is 10.0 Å². The van der Waals surface area contributed by atoms with Crippen LogP contribution < -0.4 is 9.62 Å². The van der Waals surface area contributed by atoms with E-state index in [9.17, 15) is 18.0 Å². The molecule has 0 spiro atoms. The Bertz CT molecular complexity index is 1430.